The summed E-state index contributed by atoms with van der Waals surface area (Å²) in [6, 6.07) is -0.0732. The first-order valence-electron chi connectivity index (χ1n) is 4.15. The molecule has 4 heteroatoms. The maximum absolute atomic E-state index is 11.1. The van der Waals surface area contributed by atoms with Crippen LogP contribution < -0.4 is 0 Å². The van der Waals surface area contributed by atoms with Gasteiger partial charge in [0.25, 0.3) is 0 Å². The Bertz CT molecular complexity index is 157. The minimum Gasteiger partial charge on any atom is -0.468 e. The lowest BCUT2D eigenvalue weighted by Gasteiger charge is -2.30. The van der Waals surface area contributed by atoms with Crippen LogP contribution in [0.2, 0.25) is 0 Å². The molecule has 1 aliphatic heterocycles. The van der Waals surface area contributed by atoms with E-state index in [4.69, 9.17) is 0 Å². The summed E-state index contributed by atoms with van der Waals surface area (Å²) >= 11 is 1.94. The molecule has 70 valence electrons. The summed E-state index contributed by atoms with van der Waals surface area (Å²) in [4.78, 5) is 13.3. The Morgan fingerprint density at radius 1 is 1.50 bits per heavy atom. The zero-order valence-electron chi connectivity index (χ0n) is 7.58. The Hall–Kier alpha value is -0.220. The Morgan fingerprint density at radius 3 is 2.58 bits per heavy atom. The number of thioether (sulfide) groups is 1. The Labute approximate surface area is 77.4 Å². The van der Waals surface area contributed by atoms with Crippen LogP contribution in [0.1, 0.15) is 6.92 Å². The number of carbonyl (C=O) groups is 1. The molecule has 0 aliphatic carbocycles. The fraction of sp³-hybridized carbons (Fsp3) is 0.875. The van der Waals surface area contributed by atoms with Gasteiger partial charge in [0, 0.05) is 24.6 Å². The molecule has 1 rings (SSSR count). The predicted molar refractivity (Wildman–Crippen MR) is 50.4 cm³/mol. The standard InChI is InChI=1S/C8H15NO2S/c1-7(8(10)11-2)9-3-5-12-6-4-9/h7H,3-6H2,1-2H3. The fourth-order valence-corrected chi connectivity index (χ4v) is 2.22. The SMILES string of the molecule is COC(=O)C(C)N1CCSCC1. The molecule has 0 aromatic carbocycles. The lowest BCUT2D eigenvalue weighted by atomic mass is 10.3. The van der Waals surface area contributed by atoms with Crippen LogP contribution in [0.3, 0.4) is 0 Å². The molecule has 0 saturated carbocycles. The van der Waals surface area contributed by atoms with Crippen LogP contribution in [0.15, 0.2) is 0 Å². The molecule has 0 radical (unpaired) electrons. The van der Waals surface area contributed by atoms with Crippen molar-refractivity contribution in [3.63, 3.8) is 0 Å². The first-order valence-corrected chi connectivity index (χ1v) is 5.31. The Balaban J connectivity index is 2.39. The number of nitrogens with zero attached hydrogens (tertiary/aromatic N) is 1. The van der Waals surface area contributed by atoms with Crippen LogP contribution >= 0.6 is 11.8 Å². The van der Waals surface area contributed by atoms with Crippen molar-refractivity contribution in [1.29, 1.82) is 0 Å². The number of esters is 1. The van der Waals surface area contributed by atoms with Gasteiger partial charge in [-0.25, -0.2) is 0 Å². The summed E-state index contributed by atoms with van der Waals surface area (Å²) in [5, 5.41) is 0. The monoisotopic (exact) mass is 189 g/mol. The van der Waals surface area contributed by atoms with Crippen molar-refractivity contribution in [3.05, 3.63) is 0 Å². The average molecular weight is 189 g/mol. The van der Waals surface area contributed by atoms with Gasteiger partial charge in [0.1, 0.15) is 6.04 Å². The molecule has 0 aromatic rings. The highest BCUT2D eigenvalue weighted by Gasteiger charge is 2.22. The molecule has 1 unspecified atom stereocenters. The van der Waals surface area contributed by atoms with Gasteiger partial charge in [0.15, 0.2) is 0 Å². The molecule has 12 heavy (non-hydrogen) atoms. The molecule has 3 nitrogen and oxygen atoms in total. The summed E-state index contributed by atoms with van der Waals surface area (Å²) < 4.78 is 4.68. The number of rotatable bonds is 2. The third-order valence-electron chi connectivity index (χ3n) is 2.14. The van der Waals surface area contributed by atoms with E-state index >= 15 is 0 Å². The second-order valence-electron chi connectivity index (χ2n) is 2.85. The topological polar surface area (TPSA) is 29.5 Å². The Morgan fingerprint density at radius 2 is 2.08 bits per heavy atom. The van der Waals surface area contributed by atoms with Gasteiger partial charge in [-0.2, -0.15) is 11.8 Å². The minimum atomic E-state index is -0.123. The highest BCUT2D eigenvalue weighted by molar-refractivity contribution is 7.99. The van der Waals surface area contributed by atoms with Crippen LogP contribution in [0.5, 0.6) is 0 Å². The maximum atomic E-state index is 11.1. The third kappa shape index (κ3) is 2.38. The second-order valence-corrected chi connectivity index (χ2v) is 4.07. The molecule has 1 atom stereocenters. The van der Waals surface area contributed by atoms with Crippen molar-refractivity contribution in [2.75, 3.05) is 31.7 Å². The van der Waals surface area contributed by atoms with Gasteiger partial charge in [-0.3, -0.25) is 9.69 Å². The number of carbonyl (C=O) groups excluding carboxylic acids is 1. The Kier molecular flexibility index (Phi) is 3.88. The highest BCUT2D eigenvalue weighted by Crippen LogP contribution is 2.12. The number of hydrogen-bond donors (Lipinski definition) is 0. The number of ether oxygens (including phenoxy) is 1. The van der Waals surface area contributed by atoms with E-state index < -0.39 is 0 Å². The normalized spacial score (nSPS) is 21.8. The van der Waals surface area contributed by atoms with Crippen molar-refractivity contribution < 1.29 is 9.53 Å². The summed E-state index contributed by atoms with van der Waals surface area (Å²) in [6.45, 7) is 3.91. The van der Waals surface area contributed by atoms with E-state index in [-0.39, 0.29) is 12.0 Å². The summed E-state index contributed by atoms with van der Waals surface area (Å²) in [6.07, 6.45) is 0. The molecule has 1 aliphatic rings. The molecular weight excluding hydrogens is 174 g/mol. The van der Waals surface area contributed by atoms with Crippen LogP contribution in [-0.4, -0.2) is 48.6 Å². The van der Waals surface area contributed by atoms with Gasteiger partial charge < -0.3 is 4.74 Å². The molecule has 1 heterocycles. The van der Waals surface area contributed by atoms with Crippen LogP contribution in [0.4, 0.5) is 0 Å². The van der Waals surface area contributed by atoms with Crippen molar-refractivity contribution >= 4 is 17.7 Å². The van der Waals surface area contributed by atoms with E-state index in [1.165, 1.54) is 7.11 Å². The zero-order valence-corrected chi connectivity index (χ0v) is 8.39. The minimum absolute atomic E-state index is 0.0732. The van der Waals surface area contributed by atoms with Crippen LogP contribution in [0, 0.1) is 0 Å². The summed E-state index contributed by atoms with van der Waals surface area (Å²) in [7, 11) is 1.44. The lowest BCUT2D eigenvalue weighted by molar-refractivity contribution is -0.146. The van der Waals surface area contributed by atoms with Crippen molar-refractivity contribution in [3.8, 4) is 0 Å². The van der Waals surface area contributed by atoms with Crippen molar-refractivity contribution in [2.24, 2.45) is 0 Å². The predicted octanol–water partition coefficient (Wildman–Crippen LogP) is 0.597. The van der Waals surface area contributed by atoms with Crippen molar-refractivity contribution in [1.82, 2.24) is 4.90 Å². The van der Waals surface area contributed by atoms with Crippen LogP contribution in [0.25, 0.3) is 0 Å². The molecule has 1 saturated heterocycles. The van der Waals surface area contributed by atoms with Gasteiger partial charge in [-0.05, 0) is 6.92 Å². The van der Waals surface area contributed by atoms with Crippen LogP contribution in [-0.2, 0) is 9.53 Å². The van der Waals surface area contributed by atoms with Gasteiger partial charge in [0.05, 0.1) is 7.11 Å². The average Bonchev–Trinajstić information content (AvgIpc) is 2.17. The van der Waals surface area contributed by atoms with E-state index in [1.54, 1.807) is 0 Å². The lowest BCUT2D eigenvalue weighted by Crippen LogP contribution is -2.44. The largest absolute Gasteiger partial charge is 0.468 e. The van der Waals surface area contributed by atoms with E-state index in [0.29, 0.717) is 0 Å². The number of hydrogen-bond acceptors (Lipinski definition) is 4. The van der Waals surface area contributed by atoms with Gasteiger partial charge >= 0.3 is 5.97 Å². The quantitative estimate of drug-likeness (QED) is 0.595. The molecular formula is C8H15NO2S. The molecule has 0 aromatic heterocycles. The molecule has 1 fully saturated rings. The highest BCUT2D eigenvalue weighted by atomic mass is 32.2. The number of methoxy groups -OCH3 is 1. The van der Waals surface area contributed by atoms with E-state index in [0.717, 1.165) is 24.6 Å². The summed E-state index contributed by atoms with van der Waals surface area (Å²) in [5.41, 5.74) is 0. The third-order valence-corrected chi connectivity index (χ3v) is 3.08. The van der Waals surface area contributed by atoms with Gasteiger partial charge in [-0.15, -0.1) is 0 Å². The van der Waals surface area contributed by atoms with E-state index in [1.807, 2.05) is 18.7 Å². The summed E-state index contributed by atoms with van der Waals surface area (Å²) in [5.74, 6) is 2.13. The zero-order chi connectivity index (χ0) is 8.97. The van der Waals surface area contributed by atoms with E-state index in [2.05, 4.69) is 9.64 Å². The first-order chi connectivity index (χ1) is 5.75. The molecule has 0 N–H and O–H groups in total. The second kappa shape index (κ2) is 4.72. The maximum Gasteiger partial charge on any atom is 0.322 e. The van der Waals surface area contributed by atoms with E-state index in [9.17, 15) is 4.79 Å². The van der Waals surface area contributed by atoms with Crippen molar-refractivity contribution in [2.45, 2.75) is 13.0 Å². The molecule has 0 amide bonds. The molecule has 0 spiro atoms. The van der Waals surface area contributed by atoms with Gasteiger partial charge in [-0.1, -0.05) is 0 Å². The van der Waals surface area contributed by atoms with Gasteiger partial charge in [0.2, 0.25) is 0 Å². The smallest absolute Gasteiger partial charge is 0.322 e. The first kappa shape index (κ1) is 9.86. The fourth-order valence-electron chi connectivity index (χ4n) is 1.28. The molecule has 0 bridgehead atoms.